The minimum atomic E-state index is -0.363. The molecule has 6 heteroatoms. The molecule has 118 valence electrons. The molecule has 0 bridgehead atoms. The number of hydrogen-bond donors (Lipinski definition) is 1. The zero-order valence-electron chi connectivity index (χ0n) is 13.2. The lowest BCUT2D eigenvalue weighted by atomic mass is 10.0. The number of anilines is 1. The lowest BCUT2D eigenvalue weighted by Gasteiger charge is -2.11. The van der Waals surface area contributed by atoms with E-state index < -0.39 is 0 Å². The van der Waals surface area contributed by atoms with Gasteiger partial charge in [-0.3, -0.25) is 4.79 Å². The molecule has 2 heterocycles. The van der Waals surface area contributed by atoms with Crippen LogP contribution in [0.1, 0.15) is 25.5 Å². The number of halogens is 1. The van der Waals surface area contributed by atoms with Gasteiger partial charge in [-0.25, -0.2) is 14.4 Å². The van der Waals surface area contributed by atoms with E-state index in [0.29, 0.717) is 17.7 Å². The fourth-order valence-electron chi connectivity index (χ4n) is 2.63. The van der Waals surface area contributed by atoms with E-state index in [4.69, 9.17) is 0 Å². The molecule has 0 atom stereocenters. The Bertz CT molecular complexity index is 886. The lowest BCUT2D eigenvalue weighted by molar-refractivity contribution is -0.105. The molecule has 1 amide bonds. The Hall–Kier alpha value is -2.76. The summed E-state index contributed by atoms with van der Waals surface area (Å²) in [5, 5.41) is 2.52. The van der Waals surface area contributed by atoms with E-state index in [-0.39, 0.29) is 11.9 Å². The Labute approximate surface area is 133 Å². The maximum absolute atomic E-state index is 14.4. The molecular formula is C17H17FN4O. The summed E-state index contributed by atoms with van der Waals surface area (Å²) in [6.07, 6.45) is 3.88. The highest BCUT2D eigenvalue weighted by Gasteiger charge is 2.14. The summed E-state index contributed by atoms with van der Waals surface area (Å²) in [7, 11) is 0. The molecule has 3 rings (SSSR count). The van der Waals surface area contributed by atoms with Crippen molar-refractivity contribution in [1.29, 1.82) is 0 Å². The van der Waals surface area contributed by atoms with E-state index in [1.165, 1.54) is 6.07 Å². The molecule has 5 nitrogen and oxygen atoms in total. The van der Waals surface area contributed by atoms with Crippen LogP contribution in [-0.4, -0.2) is 20.9 Å². The van der Waals surface area contributed by atoms with E-state index in [1.54, 1.807) is 18.6 Å². The summed E-state index contributed by atoms with van der Waals surface area (Å²) in [6, 6.07) is 5.30. The first-order valence-corrected chi connectivity index (χ1v) is 7.34. The quantitative estimate of drug-likeness (QED) is 0.747. The van der Waals surface area contributed by atoms with Gasteiger partial charge in [-0.15, -0.1) is 0 Å². The predicted molar refractivity (Wildman–Crippen MR) is 87.7 cm³/mol. The van der Waals surface area contributed by atoms with Gasteiger partial charge >= 0.3 is 0 Å². The number of hydrogen-bond acceptors (Lipinski definition) is 3. The Morgan fingerprint density at radius 3 is 2.74 bits per heavy atom. The van der Waals surface area contributed by atoms with Crippen molar-refractivity contribution in [2.75, 3.05) is 5.32 Å². The van der Waals surface area contributed by atoms with E-state index in [1.807, 2.05) is 31.4 Å². The highest BCUT2D eigenvalue weighted by atomic mass is 19.1. The summed E-state index contributed by atoms with van der Waals surface area (Å²) >= 11 is 0. The lowest BCUT2D eigenvalue weighted by Crippen LogP contribution is -2.00. The zero-order chi connectivity index (χ0) is 16.6. The van der Waals surface area contributed by atoms with E-state index in [2.05, 4.69) is 15.3 Å². The molecule has 2 aromatic heterocycles. The van der Waals surface area contributed by atoms with Crippen LogP contribution in [0.25, 0.3) is 22.2 Å². The van der Waals surface area contributed by atoms with Crippen molar-refractivity contribution in [3.63, 3.8) is 0 Å². The van der Waals surface area contributed by atoms with Crippen LogP contribution < -0.4 is 5.32 Å². The Morgan fingerprint density at radius 2 is 2.04 bits per heavy atom. The number of aryl methyl sites for hydroxylation is 1. The second kappa shape index (κ2) is 5.79. The average Bonchev–Trinajstić information content (AvgIpc) is 2.94. The van der Waals surface area contributed by atoms with Crippen molar-refractivity contribution in [2.45, 2.75) is 26.8 Å². The number of carbonyl (C=O) groups excluding carboxylic acids is 1. The van der Waals surface area contributed by atoms with Crippen LogP contribution in [0.5, 0.6) is 0 Å². The molecule has 0 spiro atoms. The summed E-state index contributed by atoms with van der Waals surface area (Å²) in [5.74, 6) is 0.0662. The summed E-state index contributed by atoms with van der Waals surface area (Å²) in [4.78, 5) is 18.9. The number of aromatic nitrogens is 3. The predicted octanol–water partition coefficient (Wildman–Crippen LogP) is 3.70. The molecule has 0 aliphatic heterocycles. The topological polar surface area (TPSA) is 59.8 Å². The van der Waals surface area contributed by atoms with Gasteiger partial charge in [0.15, 0.2) is 5.82 Å². The van der Waals surface area contributed by atoms with Crippen molar-refractivity contribution < 1.29 is 9.18 Å². The van der Waals surface area contributed by atoms with Crippen LogP contribution in [0.2, 0.25) is 0 Å². The molecule has 23 heavy (non-hydrogen) atoms. The van der Waals surface area contributed by atoms with Crippen LogP contribution in [0.3, 0.4) is 0 Å². The normalized spacial score (nSPS) is 11.2. The van der Waals surface area contributed by atoms with Gasteiger partial charge in [0.05, 0.1) is 11.8 Å². The maximum atomic E-state index is 14.4. The molecule has 1 aromatic carbocycles. The Balaban J connectivity index is 2.22. The number of rotatable bonds is 4. The van der Waals surface area contributed by atoms with Crippen LogP contribution in [-0.2, 0) is 4.79 Å². The van der Waals surface area contributed by atoms with Crippen molar-refractivity contribution in [3.8, 4) is 11.1 Å². The van der Waals surface area contributed by atoms with Gasteiger partial charge in [-0.05, 0) is 55.7 Å². The van der Waals surface area contributed by atoms with Crippen molar-refractivity contribution >= 4 is 23.3 Å². The van der Waals surface area contributed by atoms with Gasteiger partial charge in [0.25, 0.3) is 0 Å². The van der Waals surface area contributed by atoms with Gasteiger partial charge in [0.1, 0.15) is 11.3 Å². The second-order valence-corrected chi connectivity index (χ2v) is 5.72. The van der Waals surface area contributed by atoms with Gasteiger partial charge in [-0.1, -0.05) is 0 Å². The van der Waals surface area contributed by atoms with Gasteiger partial charge in [0.2, 0.25) is 6.41 Å². The zero-order valence-corrected chi connectivity index (χ0v) is 13.2. The second-order valence-electron chi connectivity index (χ2n) is 5.72. The number of fused-ring (bicyclic) bond motifs is 1. The van der Waals surface area contributed by atoms with Crippen LogP contribution >= 0.6 is 0 Å². The molecule has 0 unspecified atom stereocenters. The minimum absolute atomic E-state index is 0.181. The van der Waals surface area contributed by atoms with Crippen molar-refractivity contribution in [1.82, 2.24) is 14.5 Å². The van der Waals surface area contributed by atoms with Crippen molar-refractivity contribution in [2.24, 2.45) is 0 Å². The van der Waals surface area contributed by atoms with Gasteiger partial charge in [-0.2, -0.15) is 0 Å². The van der Waals surface area contributed by atoms with Crippen LogP contribution in [0, 0.1) is 12.7 Å². The number of benzene rings is 1. The Morgan fingerprint density at radius 1 is 1.26 bits per heavy atom. The van der Waals surface area contributed by atoms with Gasteiger partial charge < -0.3 is 9.88 Å². The number of carbonyl (C=O) groups is 1. The van der Waals surface area contributed by atoms with E-state index >= 15 is 0 Å². The SMILES string of the molecule is Cc1cnc(NC=O)cc1-c1cc(F)c2ncn(C(C)C)c2c1. The highest BCUT2D eigenvalue weighted by Crippen LogP contribution is 2.30. The smallest absolute Gasteiger partial charge is 0.212 e. The number of pyridine rings is 1. The number of imidazole rings is 1. The summed E-state index contributed by atoms with van der Waals surface area (Å²) in [6.45, 7) is 5.94. The minimum Gasteiger partial charge on any atom is -0.328 e. The molecule has 0 saturated carbocycles. The first-order valence-electron chi connectivity index (χ1n) is 7.34. The molecule has 1 N–H and O–H groups in total. The maximum Gasteiger partial charge on any atom is 0.212 e. The summed E-state index contributed by atoms with van der Waals surface area (Å²) < 4.78 is 16.4. The largest absolute Gasteiger partial charge is 0.328 e. The molecule has 3 aromatic rings. The number of nitrogens with one attached hydrogen (secondary N) is 1. The third kappa shape index (κ3) is 2.67. The fraction of sp³-hybridized carbons (Fsp3) is 0.235. The molecule has 0 radical (unpaired) electrons. The van der Waals surface area contributed by atoms with Crippen LogP contribution in [0.4, 0.5) is 10.2 Å². The molecule has 0 aliphatic rings. The Kier molecular flexibility index (Phi) is 3.82. The number of amides is 1. The molecule has 0 saturated heterocycles. The first kappa shape index (κ1) is 15.1. The first-order chi connectivity index (χ1) is 11.0. The van der Waals surface area contributed by atoms with Crippen molar-refractivity contribution in [3.05, 3.63) is 42.1 Å². The average molecular weight is 312 g/mol. The third-order valence-corrected chi connectivity index (χ3v) is 3.81. The molecule has 0 fully saturated rings. The van der Waals surface area contributed by atoms with E-state index in [0.717, 1.165) is 22.2 Å². The number of nitrogens with zero attached hydrogens (tertiary/aromatic N) is 3. The highest BCUT2D eigenvalue weighted by molar-refractivity contribution is 5.84. The molecular weight excluding hydrogens is 295 g/mol. The monoisotopic (exact) mass is 312 g/mol. The van der Waals surface area contributed by atoms with Crippen LogP contribution in [0.15, 0.2) is 30.7 Å². The third-order valence-electron chi connectivity index (χ3n) is 3.81. The van der Waals surface area contributed by atoms with Gasteiger partial charge in [0, 0.05) is 12.2 Å². The van der Waals surface area contributed by atoms with E-state index in [9.17, 15) is 9.18 Å². The fourth-order valence-corrected chi connectivity index (χ4v) is 2.63. The standard InChI is InChI=1S/C17H17FN4O/c1-10(2)22-8-20-17-14(18)4-12(5-15(17)22)13-6-16(21-9-23)19-7-11(13)3/h4-10H,1-3H3,(H,19,21,23). The summed E-state index contributed by atoms with van der Waals surface area (Å²) in [5.41, 5.74) is 3.56. The molecule has 0 aliphatic carbocycles.